The lowest BCUT2D eigenvalue weighted by Gasteiger charge is -2.36. The number of rotatable bonds is 4. The first-order valence-corrected chi connectivity index (χ1v) is 19.1. The molecule has 2 heteroatoms. The normalized spacial score (nSPS) is 14.6. The minimum absolute atomic E-state index is 0.0726. The van der Waals surface area contributed by atoms with E-state index >= 15 is 0 Å². The van der Waals surface area contributed by atoms with Gasteiger partial charge in [0.2, 0.25) is 0 Å². The van der Waals surface area contributed by atoms with Crippen LogP contribution in [0.1, 0.15) is 49.9 Å². The van der Waals surface area contributed by atoms with Gasteiger partial charge in [-0.15, -0.1) is 0 Å². The highest BCUT2D eigenvalue weighted by molar-refractivity contribution is 6.13. The molecule has 11 rings (SSSR count). The van der Waals surface area contributed by atoms with Crippen LogP contribution in [0.2, 0.25) is 0 Å². The van der Waals surface area contributed by atoms with Crippen molar-refractivity contribution in [3.63, 3.8) is 0 Å². The number of anilines is 3. The Morgan fingerprint density at radius 2 is 1.09 bits per heavy atom. The Morgan fingerprint density at radius 3 is 1.93 bits per heavy atom. The monoisotopic (exact) mass is 692 g/mol. The van der Waals surface area contributed by atoms with Crippen molar-refractivity contribution in [2.45, 2.75) is 38.5 Å². The molecule has 258 valence electrons. The fourth-order valence-electron chi connectivity index (χ4n) is 9.89. The lowest BCUT2D eigenvalue weighted by Crippen LogP contribution is -2.26. The van der Waals surface area contributed by atoms with Crippen LogP contribution in [0.5, 0.6) is 0 Å². The van der Waals surface area contributed by atoms with Crippen molar-refractivity contribution in [2.24, 2.45) is 0 Å². The molecule has 0 saturated carbocycles. The average Bonchev–Trinajstić information content (AvgIpc) is 3.66. The van der Waals surface area contributed by atoms with Gasteiger partial charge < -0.3 is 9.47 Å². The topological polar surface area (TPSA) is 8.17 Å². The fraction of sp³-hybridized carbons (Fsp3) is 0.115. The molecule has 0 amide bonds. The minimum Gasteiger partial charge on any atom is -0.310 e. The summed E-state index contributed by atoms with van der Waals surface area (Å²) < 4.78 is 2.52. The van der Waals surface area contributed by atoms with Gasteiger partial charge in [0.15, 0.2) is 0 Å². The van der Waals surface area contributed by atoms with Gasteiger partial charge in [0.1, 0.15) is 0 Å². The van der Waals surface area contributed by atoms with Crippen molar-refractivity contribution in [3.8, 4) is 27.9 Å². The molecule has 0 unspecified atom stereocenters. The Balaban J connectivity index is 1.07. The number of nitrogens with zero attached hydrogens (tertiary/aromatic N) is 2. The van der Waals surface area contributed by atoms with E-state index in [1.165, 1.54) is 88.5 Å². The summed E-state index contributed by atoms with van der Waals surface area (Å²) in [6, 6.07) is 63.1. The number of aromatic nitrogens is 1. The zero-order chi connectivity index (χ0) is 36.3. The lowest BCUT2D eigenvalue weighted by atomic mass is 9.72. The third-order valence-corrected chi connectivity index (χ3v) is 12.5. The molecule has 0 bridgehead atoms. The largest absolute Gasteiger partial charge is 0.310 e. The predicted octanol–water partition coefficient (Wildman–Crippen LogP) is 14.0. The second-order valence-corrected chi connectivity index (χ2v) is 16.2. The summed E-state index contributed by atoms with van der Waals surface area (Å²) in [5, 5.41) is 5.21. The number of fused-ring (bicyclic) bond motifs is 10. The first-order valence-electron chi connectivity index (χ1n) is 19.1. The van der Waals surface area contributed by atoms with E-state index in [2.05, 4.69) is 207 Å². The molecular weight excluding hydrogens is 653 g/mol. The maximum Gasteiger partial charge on any atom is 0.0582 e. The molecule has 0 atom stereocenters. The summed E-state index contributed by atoms with van der Waals surface area (Å²) in [6.45, 7) is 9.53. The van der Waals surface area contributed by atoms with Gasteiger partial charge in [-0.25, -0.2) is 0 Å². The molecule has 0 spiro atoms. The maximum absolute atomic E-state index is 2.52. The number of hydrogen-bond donors (Lipinski definition) is 0. The van der Waals surface area contributed by atoms with E-state index in [0.717, 1.165) is 11.4 Å². The van der Waals surface area contributed by atoms with E-state index in [-0.39, 0.29) is 10.8 Å². The van der Waals surface area contributed by atoms with Crippen LogP contribution in [-0.4, -0.2) is 4.57 Å². The van der Waals surface area contributed by atoms with Gasteiger partial charge >= 0.3 is 0 Å². The van der Waals surface area contributed by atoms with Crippen LogP contribution in [0.25, 0.3) is 60.5 Å². The second kappa shape index (κ2) is 11.1. The molecule has 2 heterocycles. The summed E-state index contributed by atoms with van der Waals surface area (Å²) in [7, 11) is 0. The van der Waals surface area contributed by atoms with E-state index in [0.29, 0.717) is 0 Å². The van der Waals surface area contributed by atoms with Crippen molar-refractivity contribution in [2.75, 3.05) is 4.90 Å². The molecular formula is C52H40N2. The predicted molar refractivity (Wildman–Crippen MR) is 228 cm³/mol. The Labute approximate surface area is 316 Å². The highest BCUT2D eigenvalue weighted by Crippen LogP contribution is 2.52. The van der Waals surface area contributed by atoms with Crippen molar-refractivity contribution in [1.29, 1.82) is 0 Å². The molecule has 0 radical (unpaired) electrons. The zero-order valence-electron chi connectivity index (χ0n) is 31.1. The summed E-state index contributed by atoms with van der Waals surface area (Å²) in [4.78, 5) is 2.40. The Kier molecular flexibility index (Phi) is 6.39. The highest BCUT2D eigenvalue weighted by atomic mass is 15.1. The van der Waals surface area contributed by atoms with Crippen LogP contribution >= 0.6 is 0 Å². The molecule has 54 heavy (non-hydrogen) atoms. The van der Waals surface area contributed by atoms with Crippen LogP contribution in [0.4, 0.5) is 17.1 Å². The van der Waals surface area contributed by atoms with E-state index < -0.39 is 0 Å². The Morgan fingerprint density at radius 1 is 0.426 bits per heavy atom. The van der Waals surface area contributed by atoms with Gasteiger partial charge in [-0.05, 0) is 116 Å². The first-order chi connectivity index (χ1) is 26.3. The SMILES string of the molecule is CC1(C)c2ccccc2-c2ccc(N(c3ccccc3)c3ccc(-c4cc5c6c(c4)c4ccccc4n6-c4ccc6ccccc6c4C5(C)C)cc3)cc21. The van der Waals surface area contributed by atoms with Crippen LogP contribution in [-0.2, 0) is 10.8 Å². The number of hydrogen-bond acceptors (Lipinski definition) is 1. The van der Waals surface area contributed by atoms with Crippen LogP contribution in [0.15, 0.2) is 170 Å². The molecule has 2 nitrogen and oxygen atoms in total. The molecule has 0 N–H and O–H groups in total. The van der Waals surface area contributed by atoms with E-state index in [4.69, 9.17) is 0 Å². The van der Waals surface area contributed by atoms with E-state index in [9.17, 15) is 0 Å². The van der Waals surface area contributed by atoms with Crippen LogP contribution in [0, 0.1) is 0 Å². The molecule has 1 aliphatic heterocycles. The quantitative estimate of drug-likeness (QED) is 0.178. The molecule has 1 aromatic heterocycles. The molecule has 1 aliphatic carbocycles. The van der Waals surface area contributed by atoms with Crippen molar-refractivity contribution < 1.29 is 0 Å². The number of benzene rings is 8. The van der Waals surface area contributed by atoms with Gasteiger partial charge in [-0.2, -0.15) is 0 Å². The first kappa shape index (κ1) is 31.2. The van der Waals surface area contributed by atoms with Gasteiger partial charge in [-0.1, -0.05) is 137 Å². The second-order valence-electron chi connectivity index (χ2n) is 16.2. The summed E-state index contributed by atoms with van der Waals surface area (Å²) in [5.74, 6) is 0. The van der Waals surface area contributed by atoms with Gasteiger partial charge in [0.05, 0.1) is 16.7 Å². The molecule has 2 aliphatic rings. The fourth-order valence-corrected chi connectivity index (χ4v) is 9.89. The van der Waals surface area contributed by atoms with Gasteiger partial charge in [-0.3, -0.25) is 0 Å². The average molecular weight is 693 g/mol. The van der Waals surface area contributed by atoms with Crippen LogP contribution < -0.4 is 4.90 Å². The maximum atomic E-state index is 2.52. The van der Waals surface area contributed by atoms with Crippen molar-refractivity contribution in [1.82, 2.24) is 4.57 Å². The molecule has 0 saturated heterocycles. The molecule has 9 aromatic rings. The minimum atomic E-state index is -0.208. The molecule has 8 aromatic carbocycles. The highest BCUT2D eigenvalue weighted by Gasteiger charge is 2.38. The van der Waals surface area contributed by atoms with Gasteiger partial charge in [0, 0.05) is 38.7 Å². The van der Waals surface area contributed by atoms with Crippen molar-refractivity contribution >= 4 is 49.6 Å². The Bertz CT molecular complexity index is 2980. The summed E-state index contributed by atoms with van der Waals surface area (Å²) >= 11 is 0. The van der Waals surface area contributed by atoms with E-state index in [1.807, 2.05) is 0 Å². The standard InChI is InChI=1S/C52H40N2/c1-51(2)44-20-12-10-18-40(44)41-28-27-38(32-45(41)51)53(36-15-6-5-7-16-36)37-25-22-33(23-26-37)35-30-43-42-19-11-13-21-47(42)54-48-29-24-34-14-8-9-17-39(34)49(48)52(3,4)46(31-35)50(43)54/h5-32H,1-4H3. The smallest absolute Gasteiger partial charge is 0.0582 e. The third kappa shape index (κ3) is 4.23. The Hall–Kier alpha value is -6.38. The summed E-state index contributed by atoms with van der Waals surface area (Å²) in [6.07, 6.45) is 0. The third-order valence-electron chi connectivity index (χ3n) is 12.5. The lowest BCUT2D eigenvalue weighted by molar-refractivity contribution is 0.637. The van der Waals surface area contributed by atoms with Crippen LogP contribution in [0.3, 0.4) is 0 Å². The molecule has 0 fully saturated rings. The van der Waals surface area contributed by atoms with Gasteiger partial charge in [0.25, 0.3) is 0 Å². The summed E-state index contributed by atoms with van der Waals surface area (Å²) in [5.41, 5.74) is 17.7. The van der Waals surface area contributed by atoms with Crippen molar-refractivity contribution in [3.05, 3.63) is 192 Å². The van der Waals surface area contributed by atoms with E-state index in [1.54, 1.807) is 0 Å². The zero-order valence-corrected chi connectivity index (χ0v) is 31.1. The number of para-hydroxylation sites is 2.